The molecule has 2 aliphatic heterocycles. The van der Waals surface area contributed by atoms with Gasteiger partial charge in [-0.15, -0.1) is 0 Å². The molecule has 8 rings (SSSR count). The third-order valence-corrected chi connectivity index (χ3v) is 14.2. The quantitative estimate of drug-likeness (QED) is 0.115. The molecule has 0 aliphatic carbocycles. The van der Waals surface area contributed by atoms with E-state index in [4.69, 9.17) is 34.8 Å². The predicted octanol–water partition coefficient (Wildman–Crippen LogP) is 7.51. The van der Waals surface area contributed by atoms with Crippen LogP contribution in [0.5, 0.6) is 0 Å². The van der Waals surface area contributed by atoms with Crippen LogP contribution in [-0.2, 0) is 42.5 Å². The second-order valence-electron chi connectivity index (χ2n) is 15.1. The topological polar surface area (TPSA) is 139 Å². The van der Waals surface area contributed by atoms with E-state index in [0.717, 1.165) is 12.5 Å². The minimum absolute atomic E-state index is 0.00811. The smallest absolute Gasteiger partial charge is 0.175 e. The van der Waals surface area contributed by atoms with Crippen molar-refractivity contribution < 1.29 is 31.4 Å². The van der Waals surface area contributed by atoms with Crippen LogP contribution in [0.4, 0.5) is 15.8 Å². The molecule has 310 valence electrons. The molecule has 0 radical (unpaired) electrons. The monoisotopic (exact) mass is 906 g/mol. The van der Waals surface area contributed by atoms with Gasteiger partial charge in [0.15, 0.2) is 42.5 Å². The van der Waals surface area contributed by atoms with Crippen molar-refractivity contribution in [2.75, 3.05) is 35.4 Å². The highest BCUT2D eigenvalue weighted by atomic mass is 35.5. The summed E-state index contributed by atoms with van der Waals surface area (Å²) in [7, 11) is -7.42. The Morgan fingerprint density at radius 2 is 0.900 bits per heavy atom. The average molecular weight is 908 g/mol. The Morgan fingerprint density at radius 3 is 1.27 bits per heavy atom. The van der Waals surface area contributed by atoms with Gasteiger partial charge in [0.1, 0.15) is 5.82 Å². The fourth-order valence-corrected chi connectivity index (χ4v) is 10.2. The van der Waals surface area contributed by atoms with E-state index in [1.165, 1.54) is 42.5 Å². The van der Waals surface area contributed by atoms with Gasteiger partial charge in [0, 0.05) is 50.1 Å². The van der Waals surface area contributed by atoms with Gasteiger partial charge in [-0.1, -0.05) is 83.3 Å². The molecule has 4 unspecified atom stereocenters. The maximum atomic E-state index is 15.2. The predicted molar refractivity (Wildman–Crippen MR) is 232 cm³/mol. The zero-order valence-corrected chi connectivity index (χ0v) is 35.9. The lowest BCUT2D eigenvalue weighted by atomic mass is 9.78. The Bertz CT molecular complexity index is 2630. The highest BCUT2D eigenvalue weighted by Crippen LogP contribution is 2.58. The molecule has 6 aromatic carbocycles. The summed E-state index contributed by atoms with van der Waals surface area (Å²) < 4.78 is 66.9. The number of hydrogen-bond donors (Lipinski definition) is 4. The third kappa shape index (κ3) is 7.25. The molecule has 4 N–H and O–H groups in total. The maximum absolute atomic E-state index is 15.2. The van der Waals surface area contributed by atoms with Crippen LogP contribution in [0.1, 0.15) is 22.3 Å². The molecular weight excluding hydrogens is 870 g/mol. The van der Waals surface area contributed by atoms with Crippen LogP contribution in [0.15, 0.2) is 155 Å². The number of β-amino-alcohol motifs (C(OH)–C–C–N with tert-alkyl or cyclic N) is 2. The van der Waals surface area contributed by atoms with Gasteiger partial charge >= 0.3 is 0 Å². The lowest BCUT2D eigenvalue weighted by molar-refractivity contribution is -0.0245. The fourth-order valence-electron chi connectivity index (χ4n) is 8.47. The van der Waals surface area contributed by atoms with Gasteiger partial charge < -0.3 is 20.0 Å². The van der Waals surface area contributed by atoms with E-state index in [2.05, 4.69) is 10.6 Å². The second-order valence-corrected chi connectivity index (χ2v) is 20.5. The Morgan fingerprint density at radius 1 is 0.517 bits per heavy atom. The molecule has 2 heterocycles. The van der Waals surface area contributed by atoms with Crippen LogP contribution < -0.4 is 20.4 Å². The summed E-state index contributed by atoms with van der Waals surface area (Å²) in [5, 5.41) is 34.7. The van der Waals surface area contributed by atoms with E-state index in [-0.39, 0.29) is 28.4 Å². The van der Waals surface area contributed by atoms with Gasteiger partial charge in [-0.2, -0.15) is 0 Å². The molecule has 2 aliphatic rings. The summed E-state index contributed by atoms with van der Waals surface area (Å²) >= 11 is 19.5. The lowest BCUT2D eigenvalue weighted by Crippen LogP contribution is -2.74. The van der Waals surface area contributed by atoms with Crippen molar-refractivity contribution in [3.05, 3.63) is 189 Å². The Kier molecular flexibility index (Phi) is 10.6. The summed E-state index contributed by atoms with van der Waals surface area (Å²) in [5.74, 6) is -0.612. The zero-order chi connectivity index (χ0) is 42.9. The minimum atomic E-state index is -3.71. The molecule has 6 aromatic rings. The van der Waals surface area contributed by atoms with Crippen LogP contribution in [0.2, 0.25) is 15.1 Å². The lowest BCUT2D eigenvalue weighted by Gasteiger charge is -2.56. The molecule has 16 heteroatoms. The number of halogens is 4. The number of aliphatic hydroxyl groups is 2. The maximum Gasteiger partial charge on any atom is 0.175 e. The second kappa shape index (κ2) is 15.1. The van der Waals surface area contributed by atoms with Crippen molar-refractivity contribution in [2.24, 2.45) is 0 Å². The third-order valence-electron chi connectivity index (χ3n) is 11.2. The van der Waals surface area contributed by atoms with Gasteiger partial charge in [-0.25, -0.2) is 21.2 Å². The molecule has 0 saturated carbocycles. The normalized spacial score (nSPS) is 24.5. The largest absolute Gasteiger partial charge is 0.370 e. The van der Waals surface area contributed by atoms with Gasteiger partial charge in [0.25, 0.3) is 0 Å². The fraction of sp³-hybridized carbons (Fsp3) is 0.182. The van der Waals surface area contributed by atoms with E-state index >= 15 is 4.39 Å². The number of hydrogen-bond acceptors (Lipinski definition) is 10. The zero-order valence-electron chi connectivity index (χ0n) is 32.0. The van der Waals surface area contributed by atoms with E-state index in [0.29, 0.717) is 43.1 Å². The van der Waals surface area contributed by atoms with Crippen molar-refractivity contribution in [1.29, 1.82) is 0 Å². The molecule has 2 saturated heterocycles. The number of rotatable bonds is 9. The standard InChI is InChI=1S/C44H38Cl3FN4O6S2/c1-59(55,56)39-21-9-29(10-22-39)43(49-41(53,31-5-3-7-35(47)25-31)27-51(43)37-17-13-33(45)14-18-37)44(30-11-23-40(24-12-30)60(2,57)58)50-42(54,32-6-4-8-36(48)26-32)28-52(44)38-19-15-34(46)16-20-38/h3-26,49-50,53-54H,27-28H2,1-2H3. The first-order valence-corrected chi connectivity index (χ1v) is 23.4. The Labute approximate surface area is 362 Å². The molecular formula is C44H38Cl3FN4O6S2. The van der Waals surface area contributed by atoms with Gasteiger partial charge in [-0.3, -0.25) is 10.6 Å². The summed E-state index contributed by atoms with van der Waals surface area (Å²) in [5.41, 5.74) is -5.52. The first-order valence-electron chi connectivity index (χ1n) is 18.5. The van der Waals surface area contributed by atoms with Crippen LogP contribution in [0.25, 0.3) is 0 Å². The number of nitrogens with one attached hydrogen (secondary N) is 2. The van der Waals surface area contributed by atoms with Gasteiger partial charge in [0.2, 0.25) is 0 Å². The summed E-state index contributed by atoms with van der Waals surface area (Å²) in [6.45, 7) is -0.457. The Hall–Kier alpha value is -4.54. The van der Waals surface area contributed by atoms with E-state index in [1.807, 2.05) is 9.80 Å². The molecule has 4 atom stereocenters. The molecule has 0 amide bonds. The first-order chi connectivity index (χ1) is 28.3. The highest BCUT2D eigenvalue weighted by molar-refractivity contribution is 7.91. The molecule has 10 nitrogen and oxygen atoms in total. The number of anilines is 2. The van der Waals surface area contributed by atoms with Crippen LogP contribution in [-0.4, -0.2) is 52.6 Å². The van der Waals surface area contributed by atoms with E-state index in [1.54, 1.807) is 103 Å². The van der Waals surface area contributed by atoms with Crippen molar-refractivity contribution in [2.45, 2.75) is 32.6 Å². The molecule has 60 heavy (non-hydrogen) atoms. The van der Waals surface area contributed by atoms with E-state index < -0.39 is 48.3 Å². The molecule has 0 spiro atoms. The molecule has 0 bridgehead atoms. The SMILES string of the molecule is CS(=O)(=O)c1ccc(C2(C3(c4ccc(S(C)(=O)=O)cc4)NC(O)(c4cccc(Cl)c4)CN3c3ccc(Cl)cc3)NC(O)(c3cccc(F)c3)CN2c2ccc(Cl)cc2)cc1. The van der Waals surface area contributed by atoms with Crippen molar-refractivity contribution in [1.82, 2.24) is 10.6 Å². The number of benzene rings is 6. The van der Waals surface area contributed by atoms with Crippen LogP contribution in [0, 0.1) is 5.82 Å². The molecule has 2 fully saturated rings. The average Bonchev–Trinajstić information content (AvgIpc) is 3.73. The summed E-state index contributed by atoms with van der Waals surface area (Å²) in [6, 6.07) is 38.1. The summed E-state index contributed by atoms with van der Waals surface area (Å²) in [6.07, 6.45) is 2.18. The van der Waals surface area contributed by atoms with Gasteiger partial charge in [-0.05, 0) is 108 Å². The Balaban J connectivity index is 1.56. The number of sulfone groups is 2. The number of nitrogens with zero attached hydrogens (tertiary/aromatic N) is 2. The highest BCUT2D eigenvalue weighted by Gasteiger charge is 2.72. The van der Waals surface area contributed by atoms with Crippen molar-refractivity contribution >= 4 is 65.9 Å². The van der Waals surface area contributed by atoms with Crippen molar-refractivity contribution in [3.63, 3.8) is 0 Å². The first kappa shape index (κ1) is 42.2. The van der Waals surface area contributed by atoms with Gasteiger partial charge in [0.05, 0.1) is 22.9 Å². The summed E-state index contributed by atoms with van der Waals surface area (Å²) in [4.78, 5) is 3.73. The molecule has 0 aromatic heterocycles. The van der Waals surface area contributed by atoms with Crippen LogP contribution in [0.3, 0.4) is 0 Å². The van der Waals surface area contributed by atoms with Crippen molar-refractivity contribution in [3.8, 4) is 0 Å². The van der Waals surface area contributed by atoms with Crippen LogP contribution >= 0.6 is 34.8 Å². The van der Waals surface area contributed by atoms with E-state index in [9.17, 15) is 27.0 Å². The minimum Gasteiger partial charge on any atom is -0.370 e.